The molecule has 8 fully saturated rings. The number of halogens is 2. The van der Waals surface area contributed by atoms with Gasteiger partial charge in [0, 0.05) is 48.8 Å². The minimum absolute atomic E-state index is 0.354. The third-order valence-corrected chi connectivity index (χ3v) is 16.1. The molecule has 0 aliphatic heterocycles. The van der Waals surface area contributed by atoms with Gasteiger partial charge in [0.25, 0.3) is 0 Å². The number of rotatable bonds is 10. The Labute approximate surface area is 333 Å². The number of hydrogen-bond donors (Lipinski definition) is 2. The van der Waals surface area contributed by atoms with Crippen molar-refractivity contribution in [2.45, 2.75) is 127 Å². The SMILES string of the molecule is CC(NCc1ccc(Cl)nc1)C12CC3CC(CC(c4ccc(Cl)cc4)(C3)C1)C2.CC(NCc1ccncc1)C12CC3CC(CC(c4ccccc4)(C3)C1)C2. The van der Waals surface area contributed by atoms with Crippen LogP contribution in [0.25, 0.3) is 0 Å². The Balaban J connectivity index is 0.000000143. The Bertz CT molecular complexity index is 1850. The first kappa shape index (κ1) is 36.9. The largest absolute Gasteiger partial charge is 0.310 e. The number of benzene rings is 2. The molecule has 4 aromatic rings. The summed E-state index contributed by atoms with van der Waals surface area (Å²) in [6.07, 6.45) is 22.5. The molecule has 2 N–H and O–H groups in total. The Morgan fingerprint density at radius 2 is 1.09 bits per heavy atom. The molecule has 4 nitrogen and oxygen atoms in total. The van der Waals surface area contributed by atoms with Gasteiger partial charge in [-0.2, -0.15) is 0 Å². The van der Waals surface area contributed by atoms with E-state index in [4.69, 9.17) is 23.2 Å². The van der Waals surface area contributed by atoms with E-state index in [1.54, 1.807) is 5.56 Å². The standard InChI is InChI=1S/C24H28Cl2N2.C24H30N2/c1-16(27-13-17-2-7-22(26)28-14-17)23-9-18-8-19(10-23)12-24(11-18,15-23)20-3-5-21(25)6-4-20;1-18(26-16-19-7-9-25-10-8-19)23-12-20-11-21(13-23)15-24(14-20,17-23)22-5-3-2-4-6-22/h2-7,14,16,18-19,27H,8-13,15H2,1H3;2-10,18,20-21,26H,11-17H2,1H3. The van der Waals surface area contributed by atoms with Gasteiger partial charge in [-0.1, -0.05) is 71.7 Å². The summed E-state index contributed by atoms with van der Waals surface area (Å²) in [6, 6.07) is 29.5. The van der Waals surface area contributed by atoms with Crippen LogP contribution in [0.4, 0.5) is 0 Å². The molecular formula is C48H58Cl2N4. The normalized spacial score (nSPS) is 35.3. The van der Waals surface area contributed by atoms with Crippen molar-refractivity contribution < 1.29 is 0 Å². The van der Waals surface area contributed by atoms with E-state index in [1.807, 2.05) is 24.7 Å². The van der Waals surface area contributed by atoms with Crippen LogP contribution in [0.2, 0.25) is 10.2 Å². The summed E-state index contributed by atoms with van der Waals surface area (Å²) in [5, 5.41) is 9.15. The van der Waals surface area contributed by atoms with E-state index in [0.29, 0.717) is 38.9 Å². The van der Waals surface area contributed by atoms with E-state index in [2.05, 4.69) is 107 Å². The Kier molecular flexibility index (Phi) is 9.99. The highest BCUT2D eigenvalue weighted by Gasteiger charge is 2.61. The monoisotopic (exact) mass is 760 g/mol. The summed E-state index contributed by atoms with van der Waals surface area (Å²) in [4.78, 5) is 8.36. The van der Waals surface area contributed by atoms with Crippen LogP contribution in [0.5, 0.6) is 0 Å². The molecular weight excluding hydrogens is 703 g/mol. The Hall–Kier alpha value is -2.76. The van der Waals surface area contributed by atoms with Gasteiger partial charge in [-0.3, -0.25) is 4.98 Å². The van der Waals surface area contributed by atoms with Gasteiger partial charge >= 0.3 is 0 Å². The van der Waals surface area contributed by atoms with Gasteiger partial charge in [0.2, 0.25) is 0 Å². The second kappa shape index (κ2) is 14.6. The molecule has 0 radical (unpaired) electrons. The summed E-state index contributed by atoms with van der Waals surface area (Å²) in [7, 11) is 0. The zero-order valence-electron chi connectivity index (χ0n) is 32.3. The van der Waals surface area contributed by atoms with E-state index in [-0.39, 0.29) is 0 Å². The smallest absolute Gasteiger partial charge is 0.129 e. The van der Waals surface area contributed by atoms with E-state index >= 15 is 0 Å². The minimum Gasteiger partial charge on any atom is -0.310 e. The molecule has 284 valence electrons. The van der Waals surface area contributed by atoms with Crippen molar-refractivity contribution in [2.75, 3.05) is 0 Å². The average molecular weight is 762 g/mol. The first-order valence-electron chi connectivity index (χ1n) is 20.9. The quantitative estimate of drug-likeness (QED) is 0.158. The maximum atomic E-state index is 6.18. The van der Waals surface area contributed by atoms with E-state index in [9.17, 15) is 0 Å². The molecule has 0 amide bonds. The van der Waals surface area contributed by atoms with Gasteiger partial charge in [0.15, 0.2) is 0 Å². The molecule has 0 saturated heterocycles. The zero-order chi connectivity index (χ0) is 37.0. The lowest BCUT2D eigenvalue weighted by atomic mass is 9.41. The maximum absolute atomic E-state index is 6.18. The van der Waals surface area contributed by atoms with Gasteiger partial charge in [-0.15, -0.1) is 0 Å². The molecule has 8 aliphatic carbocycles. The lowest BCUT2D eigenvalue weighted by Gasteiger charge is -2.64. The highest BCUT2D eigenvalue weighted by Crippen LogP contribution is 2.68. The van der Waals surface area contributed by atoms with Crippen molar-refractivity contribution in [1.82, 2.24) is 20.6 Å². The molecule has 54 heavy (non-hydrogen) atoms. The van der Waals surface area contributed by atoms with Gasteiger partial charge < -0.3 is 10.6 Å². The minimum atomic E-state index is 0.354. The summed E-state index contributed by atoms with van der Waals surface area (Å²) < 4.78 is 0. The van der Waals surface area contributed by atoms with Crippen molar-refractivity contribution in [3.63, 3.8) is 0 Å². The fraction of sp³-hybridized carbons (Fsp3) is 0.542. The third kappa shape index (κ3) is 7.08. The molecule has 12 rings (SSSR count). The predicted octanol–water partition coefficient (Wildman–Crippen LogP) is 11.5. The molecule has 2 heterocycles. The number of pyridine rings is 2. The van der Waals surface area contributed by atoms with Crippen molar-refractivity contribution >= 4 is 23.2 Å². The fourth-order valence-corrected chi connectivity index (χ4v) is 14.2. The Morgan fingerprint density at radius 3 is 1.59 bits per heavy atom. The van der Waals surface area contributed by atoms with E-state index in [0.717, 1.165) is 41.8 Å². The molecule has 8 saturated carbocycles. The molecule has 0 spiro atoms. The fourth-order valence-electron chi connectivity index (χ4n) is 13.9. The second-order valence-corrected chi connectivity index (χ2v) is 20.0. The number of nitrogens with zero attached hydrogens (tertiary/aromatic N) is 2. The van der Waals surface area contributed by atoms with Crippen molar-refractivity contribution in [1.29, 1.82) is 0 Å². The first-order chi connectivity index (χ1) is 26.1. The summed E-state index contributed by atoms with van der Waals surface area (Å²) in [5.41, 5.74) is 7.35. The van der Waals surface area contributed by atoms with Crippen LogP contribution in [0, 0.1) is 34.5 Å². The molecule has 8 aliphatic rings. The Morgan fingerprint density at radius 1 is 0.593 bits per heavy atom. The highest BCUT2D eigenvalue weighted by molar-refractivity contribution is 6.30. The van der Waals surface area contributed by atoms with Crippen LogP contribution in [0.15, 0.2) is 97.5 Å². The molecule has 2 aromatic carbocycles. The molecule has 6 atom stereocenters. The second-order valence-electron chi connectivity index (χ2n) is 19.1. The number of nitrogens with one attached hydrogen (secondary N) is 2. The maximum Gasteiger partial charge on any atom is 0.129 e. The summed E-state index contributed by atoms with van der Waals surface area (Å²) in [6.45, 7) is 6.68. The van der Waals surface area contributed by atoms with Crippen LogP contribution >= 0.6 is 23.2 Å². The predicted molar refractivity (Wildman–Crippen MR) is 222 cm³/mol. The van der Waals surface area contributed by atoms with Gasteiger partial charge in [-0.25, -0.2) is 4.98 Å². The van der Waals surface area contributed by atoms with Crippen molar-refractivity contribution in [3.05, 3.63) is 130 Å². The number of aromatic nitrogens is 2. The summed E-state index contributed by atoms with van der Waals surface area (Å²) >= 11 is 12.1. The van der Waals surface area contributed by atoms with Crippen LogP contribution < -0.4 is 10.6 Å². The molecule has 2 aromatic heterocycles. The first-order valence-corrected chi connectivity index (χ1v) is 21.7. The average Bonchev–Trinajstić information content (AvgIpc) is 3.17. The van der Waals surface area contributed by atoms with Gasteiger partial charge in [-0.05, 0) is 189 Å². The number of hydrogen-bond acceptors (Lipinski definition) is 4. The van der Waals surface area contributed by atoms with Crippen LogP contribution in [0.1, 0.15) is 113 Å². The van der Waals surface area contributed by atoms with Crippen LogP contribution in [0.3, 0.4) is 0 Å². The van der Waals surface area contributed by atoms with Crippen LogP contribution in [-0.2, 0) is 23.9 Å². The lowest BCUT2D eigenvalue weighted by Crippen LogP contribution is -2.59. The van der Waals surface area contributed by atoms with Crippen molar-refractivity contribution in [2.24, 2.45) is 34.5 Å². The third-order valence-electron chi connectivity index (χ3n) is 15.7. The van der Waals surface area contributed by atoms with Gasteiger partial charge in [0.05, 0.1) is 0 Å². The highest BCUT2D eigenvalue weighted by atomic mass is 35.5. The van der Waals surface area contributed by atoms with Crippen molar-refractivity contribution in [3.8, 4) is 0 Å². The molecule has 8 bridgehead atoms. The van der Waals surface area contributed by atoms with E-state index < -0.39 is 0 Å². The molecule has 6 heteroatoms. The van der Waals surface area contributed by atoms with Gasteiger partial charge in [0.1, 0.15) is 5.15 Å². The van der Waals surface area contributed by atoms with E-state index in [1.165, 1.54) is 93.7 Å². The summed E-state index contributed by atoms with van der Waals surface area (Å²) in [5.74, 6) is 3.61. The molecule has 6 unspecified atom stereocenters. The zero-order valence-corrected chi connectivity index (χ0v) is 33.8. The lowest BCUT2D eigenvalue weighted by molar-refractivity contribution is -0.0884. The topological polar surface area (TPSA) is 49.8 Å². The van der Waals surface area contributed by atoms with Crippen LogP contribution in [-0.4, -0.2) is 22.1 Å².